The zero-order valence-corrected chi connectivity index (χ0v) is 15.2. The van der Waals surface area contributed by atoms with Crippen molar-refractivity contribution in [2.75, 3.05) is 10.0 Å². The number of carbonyl (C=O) groups is 2. The fraction of sp³-hybridized carbons (Fsp3) is 0.0769. The van der Waals surface area contributed by atoms with E-state index < -0.39 is 12.1 Å². The minimum absolute atomic E-state index is 0.0910. The van der Waals surface area contributed by atoms with Crippen molar-refractivity contribution in [3.8, 4) is 11.1 Å². The molecule has 0 atom stereocenters. The van der Waals surface area contributed by atoms with Crippen molar-refractivity contribution in [3.63, 3.8) is 0 Å². The van der Waals surface area contributed by atoms with Crippen molar-refractivity contribution in [2.24, 2.45) is 23.2 Å². The second kappa shape index (κ2) is 7.19. The van der Waals surface area contributed by atoms with E-state index >= 15 is 0 Å². The van der Waals surface area contributed by atoms with Crippen LogP contribution in [0.2, 0.25) is 5.02 Å². The molecule has 12 heteroatoms. The molecule has 1 aromatic carbocycles. The first-order valence-electron chi connectivity index (χ1n) is 6.66. The van der Waals surface area contributed by atoms with Gasteiger partial charge in [0.15, 0.2) is 5.82 Å². The van der Waals surface area contributed by atoms with Gasteiger partial charge in [0.2, 0.25) is 0 Å². The first kappa shape index (κ1) is 18.9. The van der Waals surface area contributed by atoms with Crippen LogP contribution < -0.4 is 33.2 Å². The number of hydrazine groups is 2. The molecule has 4 amide bonds. The van der Waals surface area contributed by atoms with Crippen molar-refractivity contribution < 1.29 is 9.59 Å². The van der Waals surface area contributed by atoms with Gasteiger partial charge >= 0.3 is 12.1 Å². The van der Waals surface area contributed by atoms with Gasteiger partial charge in [-0.05, 0) is 25.1 Å². The summed E-state index contributed by atoms with van der Waals surface area (Å²) in [4.78, 5) is 31.0. The van der Waals surface area contributed by atoms with E-state index in [0.29, 0.717) is 31.9 Å². The summed E-state index contributed by atoms with van der Waals surface area (Å²) in [7, 11) is 0. The van der Waals surface area contributed by atoms with Crippen LogP contribution in [0.3, 0.4) is 0 Å². The molecule has 0 aliphatic heterocycles. The van der Waals surface area contributed by atoms with Crippen LogP contribution in [0.4, 0.5) is 21.4 Å². The Hall–Kier alpha value is -2.47. The lowest BCUT2D eigenvalue weighted by atomic mass is 10.0. The lowest BCUT2D eigenvalue weighted by molar-refractivity contribution is 0.253. The number of anilines is 2. The molecule has 0 saturated heterocycles. The number of carbonyl (C=O) groups excluding carboxylic acids is 2. The van der Waals surface area contributed by atoms with Crippen LogP contribution in [0, 0.1) is 6.92 Å². The maximum atomic E-state index is 11.5. The predicted molar refractivity (Wildman–Crippen MR) is 97.4 cm³/mol. The van der Waals surface area contributed by atoms with Gasteiger partial charge in [0, 0.05) is 20.6 Å². The van der Waals surface area contributed by atoms with Crippen LogP contribution in [0.5, 0.6) is 0 Å². The zero-order valence-electron chi connectivity index (χ0n) is 12.9. The normalized spacial score (nSPS) is 10.4. The molecule has 0 bridgehead atoms. The van der Waals surface area contributed by atoms with E-state index in [-0.39, 0.29) is 11.8 Å². The van der Waals surface area contributed by atoms with Crippen molar-refractivity contribution in [2.45, 2.75) is 6.92 Å². The molecular formula is C13H14BrClN8O2. The van der Waals surface area contributed by atoms with E-state index in [4.69, 9.17) is 34.8 Å². The summed E-state index contributed by atoms with van der Waals surface area (Å²) < 4.78 is 0.724. The monoisotopic (exact) mass is 428 g/mol. The third kappa shape index (κ3) is 3.79. The Morgan fingerprint density at radius 1 is 1.12 bits per heavy atom. The molecule has 0 fully saturated rings. The highest BCUT2D eigenvalue weighted by Gasteiger charge is 2.24. The number of amides is 4. The summed E-state index contributed by atoms with van der Waals surface area (Å²) in [5.41, 5.74) is 11.5. The van der Waals surface area contributed by atoms with Gasteiger partial charge in [-0.1, -0.05) is 27.5 Å². The summed E-state index contributed by atoms with van der Waals surface area (Å²) in [6, 6.07) is 3.08. The van der Waals surface area contributed by atoms with Gasteiger partial charge in [-0.15, -0.1) is 0 Å². The van der Waals surface area contributed by atoms with Gasteiger partial charge in [-0.2, -0.15) is 9.99 Å². The van der Waals surface area contributed by atoms with Crippen molar-refractivity contribution in [1.29, 1.82) is 0 Å². The second-order valence-corrected chi connectivity index (χ2v) is 6.17. The number of aryl methyl sites for hydroxylation is 1. The van der Waals surface area contributed by atoms with E-state index in [0.717, 1.165) is 4.47 Å². The highest BCUT2D eigenvalue weighted by atomic mass is 79.9. The predicted octanol–water partition coefficient (Wildman–Crippen LogP) is 1.39. The number of nitrogens with two attached hydrogens (primary N) is 4. The number of urea groups is 2. The number of hydrogen-bond donors (Lipinski definition) is 4. The smallest absolute Gasteiger partial charge is 0.336 e. The van der Waals surface area contributed by atoms with Crippen LogP contribution in [-0.4, -0.2) is 22.0 Å². The van der Waals surface area contributed by atoms with E-state index in [1.165, 1.54) is 0 Å². The van der Waals surface area contributed by atoms with Gasteiger partial charge in [0.25, 0.3) is 5.95 Å². The number of primary amides is 2. The SMILES string of the molecule is Cc1nc(N(N)C(N)=O)nc(N(N)C(N)=O)c1-c1cc(Br)ccc1Cl. The molecule has 0 radical (unpaired) electrons. The molecule has 132 valence electrons. The highest BCUT2D eigenvalue weighted by Crippen LogP contribution is 2.37. The number of benzene rings is 1. The molecule has 1 aromatic heterocycles. The molecule has 1 heterocycles. The average molecular weight is 430 g/mol. The first-order chi connectivity index (χ1) is 11.6. The molecule has 0 spiro atoms. The maximum absolute atomic E-state index is 11.5. The molecule has 0 aliphatic carbocycles. The molecule has 0 aliphatic rings. The number of hydrogen-bond acceptors (Lipinski definition) is 6. The number of rotatable bonds is 3. The molecule has 8 N–H and O–H groups in total. The van der Waals surface area contributed by atoms with Crippen LogP contribution in [0.15, 0.2) is 22.7 Å². The van der Waals surface area contributed by atoms with Crippen molar-refractivity contribution in [3.05, 3.63) is 33.4 Å². The summed E-state index contributed by atoms with van der Waals surface area (Å²) in [6.45, 7) is 1.60. The van der Waals surface area contributed by atoms with Crippen molar-refractivity contribution >= 4 is 51.4 Å². The Bertz CT molecular complexity index is 862. The maximum Gasteiger partial charge on any atom is 0.336 e. The third-order valence-corrected chi connectivity index (χ3v) is 4.00. The van der Waals surface area contributed by atoms with Crippen LogP contribution in [0.25, 0.3) is 11.1 Å². The lowest BCUT2D eigenvalue weighted by Crippen LogP contribution is -2.45. The molecule has 25 heavy (non-hydrogen) atoms. The lowest BCUT2D eigenvalue weighted by Gasteiger charge is -2.21. The number of halogens is 2. The van der Waals surface area contributed by atoms with Crippen LogP contribution >= 0.6 is 27.5 Å². The molecular weight excluding hydrogens is 416 g/mol. The first-order valence-corrected chi connectivity index (χ1v) is 7.83. The number of nitrogens with zero attached hydrogens (tertiary/aromatic N) is 4. The quantitative estimate of drug-likeness (QED) is 0.326. The van der Waals surface area contributed by atoms with E-state index in [1.807, 2.05) is 0 Å². The van der Waals surface area contributed by atoms with E-state index in [2.05, 4.69) is 25.9 Å². The van der Waals surface area contributed by atoms with E-state index in [1.54, 1.807) is 25.1 Å². The fourth-order valence-electron chi connectivity index (χ4n) is 2.03. The zero-order chi connectivity index (χ0) is 18.9. The summed E-state index contributed by atoms with van der Waals surface area (Å²) in [6.07, 6.45) is 0. The standard InChI is InChI=1S/C13H14BrClN8O2/c1-5-9(7-4-6(14)2-3-8(7)15)10(22(18)11(16)24)21-13(20-5)23(19)12(17)25/h2-4H,18-19H2,1H3,(H2,16,24)(H2,17,25). The Kier molecular flexibility index (Phi) is 5.42. The van der Waals surface area contributed by atoms with Gasteiger partial charge in [-0.25, -0.2) is 31.3 Å². The van der Waals surface area contributed by atoms with Crippen LogP contribution in [0.1, 0.15) is 5.69 Å². The Morgan fingerprint density at radius 3 is 2.28 bits per heavy atom. The fourth-order valence-corrected chi connectivity index (χ4v) is 2.61. The minimum Gasteiger partial charge on any atom is -0.350 e. The summed E-state index contributed by atoms with van der Waals surface area (Å²) >= 11 is 9.59. The van der Waals surface area contributed by atoms with E-state index in [9.17, 15) is 9.59 Å². The second-order valence-electron chi connectivity index (χ2n) is 4.85. The molecule has 2 rings (SSSR count). The van der Waals surface area contributed by atoms with Gasteiger partial charge in [-0.3, -0.25) is 0 Å². The summed E-state index contributed by atoms with van der Waals surface area (Å²) in [5, 5.41) is 1.47. The Balaban J connectivity index is 2.80. The summed E-state index contributed by atoms with van der Waals surface area (Å²) in [5.74, 6) is 10.9. The molecule has 0 unspecified atom stereocenters. The minimum atomic E-state index is -0.999. The Morgan fingerprint density at radius 2 is 1.72 bits per heavy atom. The van der Waals surface area contributed by atoms with Crippen molar-refractivity contribution in [1.82, 2.24) is 9.97 Å². The highest BCUT2D eigenvalue weighted by molar-refractivity contribution is 9.10. The largest absolute Gasteiger partial charge is 0.350 e. The molecule has 2 aromatic rings. The molecule has 0 saturated carbocycles. The van der Waals surface area contributed by atoms with Gasteiger partial charge < -0.3 is 11.5 Å². The average Bonchev–Trinajstić information content (AvgIpc) is 2.54. The van der Waals surface area contributed by atoms with Crippen LogP contribution in [-0.2, 0) is 0 Å². The van der Waals surface area contributed by atoms with Gasteiger partial charge in [0.1, 0.15) is 0 Å². The Labute approximate surface area is 155 Å². The van der Waals surface area contributed by atoms with Gasteiger partial charge in [0.05, 0.1) is 5.69 Å². The molecule has 10 nitrogen and oxygen atoms in total. The third-order valence-electron chi connectivity index (χ3n) is 3.18. The number of aromatic nitrogens is 2. The topological polar surface area (TPSA) is 170 Å².